The van der Waals surface area contributed by atoms with Gasteiger partial charge in [-0.1, -0.05) is 0 Å². The first-order valence-corrected chi connectivity index (χ1v) is 9.29. The van der Waals surface area contributed by atoms with E-state index in [-0.39, 0.29) is 0 Å². The van der Waals surface area contributed by atoms with Crippen molar-refractivity contribution in [3.8, 4) is 0 Å². The summed E-state index contributed by atoms with van der Waals surface area (Å²) in [6.45, 7) is 6.58. The van der Waals surface area contributed by atoms with E-state index >= 15 is 0 Å². The lowest BCUT2D eigenvalue weighted by Crippen LogP contribution is -2.48. The Kier molecular flexibility index (Phi) is 5.62. The number of hydrogen-bond donors (Lipinski definition) is 1. The van der Waals surface area contributed by atoms with Gasteiger partial charge in [-0.15, -0.1) is 0 Å². The van der Waals surface area contributed by atoms with E-state index in [0.29, 0.717) is 13.1 Å². The molecule has 2 rings (SSSR count). The molecule has 5 nitrogen and oxygen atoms in total. The molecule has 2 fully saturated rings. The first-order valence-electron chi connectivity index (χ1n) is 7.44. The summed E-state index contributed by atoms with van der Waals surface area (Å²) in [6, 6.07) is 0. The lowest BCUT2D eigenvalue weighted by Gasteiger charge is -2.33. The van der Waals surface area contributed by atoms with E-state index in [1.165, 1.54) is 45.0 Å². The highest BCUT2D eigenvalue weighted by molar-refractivity contribution is 7.88. The maximum absolute atomic E-state index is 11.4. The van der Waals surface area contributed by atoms with Crippen LogP contribution >= 0.6 is 0 Å². The standard InChI is InChI=1S/C13H27N3O2S/c1-19(17,18)16-11-9-15(10-12-16)8-2-3-13-4-6-14-7-5-13/h13-14H,2-12H2,1H3. The second-order valence-corrected chi connectivity index (χ2v) is 7.82. The first kappa shape index (κ1) is 15.2. The number of nitrogens with zero attached hydrogens (tertiary/aromatic N) is 2. The Morgan fingerprint density at radius 2 is 1.74 bits per heavy atom. The summed E-state index contributed by atoms with van der Waals surface area (Å²) in [4.78, 5) is 2.41. The Morgan fingerprint density at radius 1 is 1.11 bits per heavy atom. The molecule has 0 aromatic carbocycles. The van der Waals surface area contributed by atoms with Crippen LogP contribution in [0.25, 0.3) is 0 Å². The van der Waals surface area contributed by atoms with Crippen LogP contribution in [-0.2, 0) is 10.0 Å². The Labute approximate surface area is 117 Å². The van der Waals surface area contributed by atoms with Gasteiger partial charge in [0.15, 0.2) is 0 Å². The van der Waals surface area contributed by atoms with E-state index in [4.69, 9.17) is 0 Å². The number of hydrogen-bond acceptors (Lipinski definition) is 4. The summed E-state index contributed by atoms with van der Waals surface area (Å²) in [7, 11) is -2.99. The van der Waals surface area contributed by atoms with Gasteiger partial charge in [-0.3, -0.25) is 0 Å². The van der Waals surface area contributed by atoms with Gasteiger partial charge >= 0.3 is 0 Å². The average molecular weight is 289 g/mol. The molecule has 0 bridgehead atoms. The van der Waals surface area contributed by atoms with Crippen molar-refractivity contribution in [1.29, 1.82) is 0 Å². The minimum Gasteiger partial charge on any atom is -0.317 e. The SMILES string of the molecule is CS(=O)(=O)N1CCN(CCCC2CCNCC2)CC1. The summed E-state index contributed by atoms with van der Waals surface area (Å²) in [5.41, 5.74) is 0. The minimum absolute atomic E-state index is 0.659. The van der Waals surface area contributed by atoms with Gasteiger partial charge in [0.1, 0.15) is 0 Å². The van der Waals surface area contributed by atoms with E-state index in [2.05, 4.69) is 10.2 Å². The van der Waals surface area contributed by atoms with Crippen LogP contribution in [0.15, 0.2) is 0 Å². The van der Waals surface area contributed by atoms with E-state index in [9.17, 15) is 8.42 Å². The molecule has 2 heterocycles. The molecule has 0 aromatic rings. The third-order valence-electron chi connectivity index (χ3n) is 4.35. The van der Waals surface area contributed by atoms with Gasteiger partial charge in [0, 0.05) is 26.2 Å². The molecule has 0 spiro atoms. The first-order chi connectivity index (χ1) is 9.05. The van der Waals surface area contributed by atoms with Crippen molar-refractivity contribution in [3.05, 3.63) is 0 Å². The van der Waals surface area contributed by atoms with Gasteiger partial charge in [0.2, 0.25) is 10.0 Å². The molecule has 0 atom stereocenters. The van der Waals surface area contributed by atoms with Gasteiger partial charge in [-0.05, 0) is 51.2 Å². The zero-order valence-corrected chi connectivity index (χ0v) is 12.8. The van der Waals surface area contributed by atoms with E-state index in [1.807, 2.05) is 0 Å². The summed E-state index contributed by atoms with van der Waals surface area (Å²) in [5, 5.41) is 3.40. The Balaban J connectivity index is 1.60. The fourth-order valence-corrected chi connectivity index (χ4v) is 3.89. The van der Waals surface area contributed by atoms with E-state index in [0.717, 1.165) is 25.6 Å². The highest BCUT2D eigenvalue weighted by Crippen LogP contribution is 2.18. The second-order valence-electron chi connectivity index (χ2n) is 5.84. The fraction of sp³-hybridized carbons (Fsp3) is 1.00. The topological polar surface area (TPSA) is 52.7 Å². The largest absolute Gasteiger partial charge is 0.317 e. The number of piperidine rings is 1. The van der Waals surface area contributed by atoms with Gasteiger partial charge in [-0.25, -0.2) is 8.42 Å². The van der Waals surface area contributed by atoms with Crippen LogP contribution in [0.4, 0.5) is 0 Å². The summed E-state index contributed by atoms with van der Waals surface area (Å²) >= 11 is 0. The Morgan fingerprint density at radius 3 is 2.32 bits per heavy atom. The smallest absolute Gasteiger partial charge is 0.211 e. The normalized spacial score (nSPS) is 24.7. The maximum atomic E-state index is 11.4. The quantitative estimate of drug-likeness (QED) is 0.793. The van der Waals surface area contributed by atoms with Gasteiger partial charge in [0.25, 0.3) is 0 Å². The predicted molar refractivity (Wildman–Crippen MR) is 77.7 cm³/mol. The molecule has 0 aromatic heterocycles. The van der Waals surface area contributed by atoms with Crippen molar-refractivity contribution in [1.82, 2.24) is 14.5 Å². The zero-order valence-electron chi connectivity index (χ0n) is 12.0. The second kappa shape index (κ2) is 7.02. The van der Waals surface area contributed by atoms with Crippen molar-refractivity contribution in [2.75, 3.05) is 52.1 Å². The maximum Gasteiger partial charge on any atom is 0.211 e. The van der Waals surface area contributed by atoms with E-state index < -0.39 is 10.0 Å². The molecule has 112 valence electrons. The monoisotopic (exact) mass is 289 g/mol. The van der Waals surface area contributed by atoms with Crippen molar-refractivity contribution >= 4 is 10.0 Å². The molecule has 1 N–H and O–H groups in total. The third kappa shape index (κ3) is 5.02. The molecule has 19 heavy (non-hydrogen) atoms. The Hall–Kier alpha value is -0.170. The number of piperazine rings is 1. The lowest BCUT2D eigenvalue weighted by atomic mass is 9.93. The highest BCUT2D eigenvalue weighted by Gasteiger charge is 2.23. The molecule has 2 saturated heterocycles. The van der Waals surface area contributed by atoms with Crippen molar-refractivity contribution < 1.29 is 8.42 Å². The van der Waals surface area contributed by atoms with Crippen molar-refractivity contribution in [2.24, 2.45) is 5.92 Å². The third-order valence-corrected chi connectivity index (χ3v) is 5.65. The highest BCUT2D eigenvalue weighted by atomic mass is 32.2. The van der Waals surface area contributed by atoms with Crippen LogP contribution in [0, 0.1) is 5.92 Å². The van der Waals surface area contributed by atoms with Gasteiger partial charge < -0.3 is 10.2 Å². The van der Waals surface area contributed by atoms with Crippen LogP contribution in [-0.4, -0.2) is 69.7 Å². The summed E-state index contributed by atoms with van der Waals surface area (Å²) in [5.74, 6) is 0.901. The average Bonchev–Trinajstić information content (AvgIpc) is 2.39. The Bertz CT molecular complexity index is 358. The predicted octanol–water partition coefficient (Wildman–Crippen LogP) is 0.343. The van der Waals surface area contributed by atoms with Gasteiger partial charge in [-0.2, -0.15) is 4.31 Å². The molecule has 0 radical (unpaired) electrons. The molecule has 6 heteroatoms. The van der Waals surface area contributed by atoms with E-state index in [1.54, 1.807) is 4.31 Å². The molecule has 2 aliphatic heterocycles. The zero-order chi connectivity index (χ0) is 13.7. The van der Waals surface area contributed by atoms with Gasteiger partial charge in [0.05, 0.1) is 6.26 Å². The lowest BCUT2D eigenvalue weighted by molar-refractivity contribution is 0.181. The molecule has 2 aliphatic rings. The van der Waals surface area contributed by atoms with Crippen molar-refractivity contribution in [2.45, 2.75) is 25.7 Å². The van der Waals surface area contributed by atoms with Crippen LogP contribution < -0.4 is 5.32 Å². The van der Waals surface area contributed by atoms with Crippen LogP contribution in [0.2, 0.25) is 0 Å². The molecular formula is C13H27N3O2S. The van der Waals surface area contributed by atoms with Crippen LogP contribution in [0.1, 0.15) is 25.7 Å². The number of rotatable bonds is 5. The van der Waals surface area contributed by atoms with Crippen LogP contribution in [0.5, 0.6) is 0 Å². The minimum atomic E-state index is -2.99. The molecule has 0 amide bonds. The number of nitrogens with one attached hydrogen (secondary N) is 1. The number of sulfonamides is 1. The molecule has 0 unspecified atom stereocenters. The van der Waals surface area contributed by atoms with Crippen molar-refractivity contribution in [3.63, 3.8) is 0 Å². The molecular weight excluding hydrogens is 262 g/mol. The fourth-order valence-electron chi connectivity index (χ4n) is 3.06. The van der Waals surface area contributed by atoms with Crippen LogP contribution in [0.3, 0.4) is 0 Å². The molecule has 0 saturated carbocycles. The molecule has 0 aliphatic carbocycles. The summed E-state index contributed by atoms with van der Waals surface area (Å²) < 4.78 is 24.4. The summed E-state index contributed by atoms with van der Waals surface area (Å²) in [6.07, 6.45) is 6.53.